The number of H-pyrrole nitrogens is 1. The van der Waals surface area contributed by atoms with E-state index < -0.39 is 0 Å². The SMILES string of the molecule is C=Cc1cc(CC)[nH]c1N=C.[HH]. The van der Waals surface area contributed by atoms with E-state index in [1.54, 1.807) is 6.08 Å². The molecule has 0 aliphatic heterocycles. The third kappa shape index (κ3) is 1.40. The number of nitrogens with zero attached hydrogens (tertiary/aromatic N) is 1. The van der Waals surface area contributed by atoms with E-state index in [-0.39, 0.29) is 1.43 Å². The average Bonchev–Trinajstić information content (AvgIpc) is 2.46. The first-order chi connectivity index (χ1) is 5.31. The summed E-state index contributed by atoms with van der Waals surface area (Å²) in [5.74, 6) is 0.817. The molecule has 1 rings (SSSR count). The van der Waals surface area contributed by atoms with E-state index in [0.717, 1.165) is 17.8 Å². The average molecular weight is 150 g/mol. The van der Waals surface area contributed by atoms with Crippen LogP contribution in [0, 0.1) is 0 Å². The molecular formula is C9H14N2. The summed E-state index contributed by atoms with van der Waals surface area (Å²) in [5, 5.41) is 0. The molecule has 0 unspecified atom stereocenters. The van der Waals surface area contributed by atoms with E-state index in [4.69, 9.17) is 0 Å². The highest BCUT2D eigenvalue weighted by Crippen LogP contribution is 2.19. The molecule has 1 heterocycles. The standard InChI is InChI=1S/C9H12N2.H2/c1-4-7-6-8(5-2)11-9(7)10-3;/h4,6,11H,1,3,5H2,2H3;1H. The Labute approximate surface area is 68.2 Å². The van der Waals surface area contributed by atoms with Crippen molar-refractivity contribution in [1.82, 2.24) is 4.98 Å². The minimum absolute atomic E-state index is 0. The van der Waals surface area contributed by atoms with Crippen molar-refractivity contribution in [2.45, 2.75) is 13.3 Å². The van der Waals surface area contributed by atoms with Crippen molar-refractivity contribution < 1.29 is 1.43 Å². The van der Waals surface area contributed by atoms with Crippen LogP contribution < -0.4 is 0 Å². The van der Waals surface area contributed by atoms with Crippen LogP contribution in [-0.2, 0) is 6.42 Å². The Balaban J connectivity index is 0.00000121. The zero-order valence-electron chi connectivity index (χ0n) is 6.72. The van der Waals surface area contributed by atoms with E-state index in [2.05, 4.69) is 30.2 Å². The minimum atomic E-state index is 0. The molecule has 2 nitrogen and oxygen atoms in total. The number of hydrogen-bond acceptors (Lipinski definition) is 1. The van der Waals surface area contributed by atoms with Gasteiger partial charge in [-0.2, -0.15) is 0 Å². The van der Waals surface area contributed by atoms with Crippen molar-refractivity contribution in [3.8, 4) is 0 Å². The smallest absolute Gasteiger partial charge is 0.136 e. The second-order valence-corrected chi connectivity index (χ2v) is 2.31. The van der Waals surface area contributed by atoms with Crippen molar-refractivity contribution >= 4 is 18.6 Å². The molecule has 60 valence electrons. The maximum Gasteiger partial charge on any atom is 0.136 e. The lowest BCUT2D eigenvalue weighted by atomic mass is 10.2. The van der Waals surface area contributed by atoms with Crippen LogP contribution in [0.1, 0.15) is 19.6 Å². The number of aromatic amines is 1. The molecule has 0 radical (unpaired) electrons. The Morgan fingerprint density at radius 3 is 2.91 bits per heavy atom. The van der Waals surface area contributed by atoms with Gasteiger partial charge in [-0.1, -0.05) is 19.6 Å². The maximum absolute atomic E-state index is 3.83. The van der Waals surface area contributed by atoms with Crippen LogP contribution in [0.3, 0.4) is 0 Å². The lowest BCUT2D eigenvalue weighted by Crippen LogP contribution is -1.74. The van der Waals surface area contributed by atoms with Gasteiger partial charge in [-0.25, -0.2) is 4.99 Å². The third-order valence-electron chi connectivity index (χ3n) is 1.64. The number of hydrogen-bond donors (Lipinski definition) is 1. The van der Waals surface area contributed by atoms with E-state index in [0.29, 0.717) is 0 Å². The summed E-state index contributed by atoms with van der Waals surface area (Å²) in [5.41, 5.74) is 2.19. The van der Waals surface area contributed by atoms with Gasteiger partial charge in [0.15, 0.2) is 0 Å². The molecular weight excluding hydrogens is 136 g/mol. The van der Waals surface area contributed by atoms with Crippen LogP contribution in [0.2, 0.25) is 0 Å². The normalized spacial score (nSPS) is 9.55. The highest BCUT2D eigenvalue weighted by Gasteiger charge is 2.00. The molecule has 0 aliphatic rings. The number of nitrogens with one attached hydrogen (secondary N) is 1. The van der Waals surface area contributed by atoms with Crippen LogP contribution >= 0.6 is 0 Å². The van der Waals surface area contributed by atoms with Gasteiger partial charge >= 0.3 is 0 Å². The molecule has 11 heavy (non-hydrogen) atoms. The summed E-state index contributed by atoms with van der Waals surface area (Å²) in [4.78, 5) is 6.96. The molecule has 0 fully saturated rings. The number of rotatable bonds is 3. The summed E-state index contributed by atoms with van der Waals surface area (Å²) in [6.07, 6.45) is 2.76. The van der Waals surface area contributed by atoms with Gasteiger partial charge in [-0.3, -0.25) is 0 Å². The summed E-state index contributed by atoms with van der Waals surface area (Å²) in [6, 6.07) is 2.04. The van der Waals surface area contributed by atoms with E-state index in [1.165, 1.54) is 5.69 Å². The fourth-order valence-electron chi connectivity index (χ4n) is 0.993. The summed E-state index contributed by atoms with van der Waals surface area (Å²) < 4.78 is 0. The van der Waals surface area contributed by atoms with Gasteiger partial charge in [0.2, 0.25) is 0 Å². The van der Waals surface area contributed by atoms with Crippen molar-refractivity contribution in [3.63, 3.8) is 0 Å². The molecule has 0 bridgehead atoms. The van der Waals surface area contributed by atoms with Crippen LogP contribution in [-0.4, -0.2) is 11.7 Å². The Bertz CT molecular complexity index is 251. The number of aliphatic imine (C=N–C) groups is 1. The fraction of sp³-hybridized carbons (Fsp3) is 0.222. The summed E-state index contributed by atoms with van der Waals surface area (Å²) in [6.45, 7) is 9.23. The van der Waals surface area contributed by atoms with Crippen molar-refractivity contribution in [2.24, 2.45) is 4.99 Å². The number of aromatic nitrogens is 1. The number of aryl methyl sites for hydroxylation is 1. The highest BCUT2D eigenvalue weighted by atomic mass is 14.9. The second kappa shape index (κ2) is 3.19. The Kier molecular flexibility index (Phi) is 2.26. The lowest BCUT2D eigenvalue weighted by molar-refractivity contribution is 1.06. The minimum Gasteiger partial charge on any atom is -0.343 e. The van der Waals surface area contributed by atoms with Crippen molar-refractivity contribution in [2.75, 3.05) is 0 Å². The lowest BCUT2D eigenvalue weighted by Gasteiger charge is -1.87. The molecule has 0 aliphatic carbocycles. The second-order valence-electron chi connectivity index (χ2n) is 2.31. The van der Waals surface area contributed by atoms with Gasteiger partial charge in [0.25, 0.3) is 0 Å². The van der Waals surface area contributed by atoms with Gasteiger partial charge in [-0.15, -0.1) is 0 Å². The molecule has 0 saturated heterocycles. The Hall–Kier alpha value is -1.31. The highest BCUT2D eigenvalue weighted by molar-refractivity contribution is 5.62. The molecule has 1 aromatic heterocycles. The largest absolute Gasteiger partial charge is 0.343 e. The topological polar surface area (TPSA) is 28.1 Å². The third-order valence-corrected chi connectivity index (χ3v) is 1.64. The summed E-state index contributed by atoms with van der Waals surface area (Å²) >= 11 is 0. The molecule has 0 aromatic carbocycles. The predicted octanol–water partition coefficient (Wildman–Crippen LogP) is 2.80. The molecule has 2 heteroatoms. The summed E-state index contributed by atoms with van der Waals surface area (Å²) in [7, 11) is 0. The first kappa shape index (κ1) is 7.79. The van der Waals surface area contributed by atoms with E-state index >= 15 is 0 Å². The van der Waals surface area contributed by atoms with Crippen LogP contribution in [0.25, 0.3) is 6.08 Å². The van der Waals surface area contributed by atoms with Gasteiger partial charge in [0, 0.05) is 12.7 Å². The molecule has 0 amide bonds. The fourth-order valence-corrected chi connectivity index (χ4v) is 0.993. The van der Waals surface area contributed by atoms with Crippen molar-refractivity contribution in [1.29, 1.82) is 0 Å². The maximum atomic E-state index is 3.83. The zero-order chi connectivity index (χ0) is 8.27. The van der Waals surface area contributed by atoms with Crippen LogP contribution in [0.15, 0.2) is 17.6 Å². The van der Waals surface area contributed by atoms with E-state index in [9.17, 15) is 0 Å². The van der Waals surface area contributed by atoms with Gasteiger partial charge < -0.3 is 4.98 Å². The Morgan fingerprint density at radius 2 is 2.55 bits per heavy atom. The molecule has 0 atom stereocenters. The molecule has 0 spiro atoms. The van der Waals surface area contributed by atoms with Gasteiger partial charge in [-0.05, 0) is 19.2 Å². The molecule has 1 N–H and O–H groups in total. The molecule has 1 aromatic rings. The van der Waals surface area contributed by atoms with Crippen LogP contribution in [0.5, 0.6) is 0 Å². The van der Waals surface area contributed by atoms with E-state index in [1.807, 2.05) is 6.07 Å². The van der Waals surface area contributed by atoms with Gasteiger partial charge in [0.1, 0.15) is 5.82 Å². The predicted molar refractivity (Wildman–Crippen MR) is 51.6 cm³/mol. The van der Waals surface area contributed by atoms with Crippen LogP contribution in [0.4, 0.5) is 5.82 Å². The molecule has 0 saturated carbocycles. The quantitative estimate of drug-likeness (QED) is 0.642. The van der Waals surface area contributed by atoms with Crippen molar-refractivity contribution in [3.05, 3.63) is 23.9 Å². The van der Waals surface area contributed by atoms with Gasteiger partial charge in [0.05, 0.1) is 0 Å². The first-order valence-corrected chi connectivity index (χ1v) is 3.62. The monoisotopic (exact) mass is 150 g/mol. The first-order valence-electron chi connectivity index (χ1n) is 3.62. The Morgan fingerprint density at radius 1 is 1.82 bits per heavy atom. The zero-order valence-corrected chi connectivity index (χ0v) is 6.72.